The minimum absolute atomic E-state index is 0.0751. The van der Waals surface area contributed by atoms with Crippen molar-refractivity contribution in [2.45, 2.75) is 6.54 Å². The average molecular weight is 355 g/mol. The van der Waals surface area contributed by atoms with E-state index in [9.17, 15) is 4.79 Å². The average Bonchev–Trinajstić information content (AvgIpc) is 3.23. The highest BCUT2D eigenvalue weighted by Crippen LogP contribution is 2.28. The zero-order valence-corrected chi connectivity index (χ0v) is 14.7. The summed E-state index contributed by atoms with van der Waals surface area (Å²) in [4.78, 5) is 25.7. The van der Waals surface area contributed by atoms with Crippen LogP contribution in [0.2, 0.25) is 0 Å². The minimum atomic E-state index is 0.0751. The molecule has 1 amide bonds. The highest BCUT2D eigenvalue weighted by Gasteiger charge is 2.24. The third-order valence-electron chi connectivity index (χ3n) is 4.86. The predicted molar refractivity (Wildman–Crippen MR) is 105 cm³/mol. The van der Waals surface area contributed by atoms with Gasteiger partial charge in [-0.3, -0.25) is 9.78 Å². The van der Waals surface area contributed by atoms with Gasteiger partial charge in [-0.15, -0.1) is 0 Å². The molecule has 132 valence electrons. The van der Waals surface area contributed by atoms with Gasteiger partial charge in [-0.25, -0.2) is 4.98 Å². The molecule has 27 heavy (non-hydrogen) atoms. The summed E-state index contributed by atoms with van der Waals surface area (Å²) >= 11 is 0. The lowest BCUT2D eigenvalue weighted by Gasteiger charge is -2.07. The van der Waals surface area contributed by atoms with Crippen molar-refractivity contribution in [2.75, 3.05) is 12.4 Å². The Balaban J connectivity index is 1.44. The largest absolute Gasteiger partial charge is 0.354 e. The highest BCUT2D eigenvalue weighted by molar-refractivity contribution is 5.98. The zero-order chi connectivity index (χ0) is 18.4. The fraction of sp³-hybridized carbons (Fsp3) is 0.0952. The van der Waals surface area contributed by atoms with E-state index < -0.39 is 0 Å². The Labute approximate surface area is 155 Å². The van der Waals surface area contributed by atoms with Gasteiger partial charge >= 0.3 is 0 Å². The number of hydrogen-bond acceptors (Lipinski definition) is 4. The molecule has 0 aliphatic carbocycles. The van der Waals surface area contributed by atoms with Crippen LogP contribution in [0, 0.1) is 0 Å². The standard InChI is InChI=1S/C21H17N5O/c1-26-12-15-8-16(2-3-17(15)21(26)27)24-20-10-19-14(11-23-20)9-18(25-19)13-4-6-22-7-5-13/h2-11,25H,12H2,1H3,(H,23,24). The summed E-state index contributed by atoms with van der Waals surface area (Å²) in [5.74, 6) is 0.828. The van der Waals surface area contributed by atoms with E-state index in [4.69, 9.17) is 0 Å². The van der Waals surface area contributed by atoms with Crippen LogP contribution < -0.4 is 5.32 Å². The number of rotatable bonds is 3. The van der Waals surface area contributed by atoms with E-state index >= 15 is 0 Å². The molecule has 1 aliphatic rings. The van der Waals surface area contributed by atoms with E-state index in [1.165, 1.54) is 0 Å². The molecule has 1 aliphatic heterocycles. The Bertz CT molecular complexity index is 1170. The third kappa shape index (κ3) is 2.71. The van der Waals surface area contributed by atoms with Crippen molar-refractivity contribution in [3.63, 3.8) is 0 Å². The van der Waals surface area contributed by atoms with Gasteiger partial charge in [0, 0.05) is 66.1 Å². The van der Waals surface area contributed by atoms with Gasteiger partial charge in [-0.2, -0.15) is 0 Å². The smallest absolute Gasteiger partial charge is 0.254 e. The van der Waals surface area contributed by atoms with Gasteiger partial charge in [0.15, 0.2) is 0 Å². The molecule has 1 aromatic carbocycles. The molecule has 0 unspecified atom stereocenters. The lowest BCUT2D eigenvalue weighted by atomic mass is 10.1. The number of hydrogen-bond donors (Lipinski definition) is 2. The Morgan fingerprint density at radius 2 is 1.96 bits per heavy atom. The summed E-state index contributed by atoms with van der Waals surface area (Å²) in [6.45, 7) is 0.641. The number of carbonyl (C=O) groups excluding carboxylic acids is 1. The number of anilines is 2. The van der Waals surface area contributed by atoms with Crippen LogP contribution in [0.4, 0.5) is 11.5 Å². The van der Waals surface area contributed by atoms with E-state index in [1.807, 2.05) is 49.6 Å². The second-order valence-corrected chi connectivity index (χ2v) is 6.73. The van der Waals surface area contributed by atoms with Crippen molar-refractivity contribution in [3.8, 4) is 11.3 Å². The van der Waals surface area contributed by atoms with E-state index in [0.717, 1.165) is 44.8 Å². The van der Waals surface area contributed by atoms with Crippen molar-refractivity contribution >= 4 is 28.3 Å². The SMILES string of the molecule is CN1Cc2cc(Nc3cc4[nH]c(-c5ccncc5)cc4cn3)ccc2C1=O. The van der Waals surface area contributed by atoms with Gasteiger partial charge in [-0.05, 0) is 42.0 Å². The van der Waals surface area contributed by atoms with Crippen LogP contribution in [-0.4, -0.2) is 32.8 Å². The second kappa shape index (κ2) is 5.95. The summed E-state index contributed by atoms with van der Waals surface area (Å²) < 4.78 is 0. The number of fused-ring (bicyclic) bond motifs is 2. The maximum absolute atomic E-state index is 12.0. The lowest BCUT2D eigenvalue weighted by Crippen LogP contribution is -2.17. The van der Waals surface area contributed by atoms with Gasteiger partial charge in [-0.1, -0.05) is 0 Å². The molecule has 2 N–H and O–H groups in total. The first-order valence-corrected chi connectivity index (χ1v) is 8.72. The number of H-pyrrole nitrogens is 1. The number of amides is 1. The van der Waals surface area contributed by atoms with Gasteiger partial charge in [0.05, 0.1) is 5.52 Å². The fourth-order valence-corrected chi connectivity index (χ4v) is 3.47. The van der Waals surface area contributed by atoms with Crippen molar-refractivity contribution in [1.82, 2.24) is 19.9 Å². The minimum Gasteiger partial charge on any atom is -0.354 e. The molecule has 0 spiro atoms. The highest BCUT2D eigenvalue weighted by atomic mass is 16.2. The Hall–Kier alpha value is -3.67. The summed E-state index contributed by atoms with van der Waals surface area (Å²) in [5, 5.41) is 4.38. The first kappa shape index (κ1) is 15.6. The molecule has 6 heteroatoms. The maximum Gasteiger partial charge on any atom is 0.254 e. The summed E-state index contributed by atoms with van der Waals surface area (Å²) in [6, 6.07) is 13.8. The van der Waals surface area contributed by atoms with Crippen LogP contribution in [0.3, 0.4) is 0 Å². The van der Waals surface area contributed by atoms with Crippen molar-refractivity contribution in [1.29, 1.82) is 0 Å². The first-order valence-electron chi connectivity index (χ1n) is 8.72. The van der Waals surface area contributed by atoms with E-state index in [-0.39, 0.29) is 5.91 Å². The topological polar surface area (TPSA) is 73.9 Å². The molecule has 4 heterocycles. The molecule has 0 atom stereocenters. The molecule has 0 fully saturated rings. The Kier molecular flexibility index (Phi) is 3.43. The van der Waals surface area contributed by atoms with Crippen LogP contribution in [0.25, 0.3) is 22.2 Å². The predicted octanol–water partition coefficient (Wildman–Crippen LogP) is 3.95. The number of carbonyl (C=O) groups is 1. The van der Waals surface area contributed by atoms with E-state index in [0.29, 0.717) is 6.54 Å². The van der Waals surface area contributed by atoms with Crippen LogP contribution in [0.5, 0.6) is 0 Å². The molecule has 3 aromatic heterocycles. The number of aromatic amines is 1. The molecule has 0 bridgehead atoms. The summed E-state index contributed by atoms with van der Waals surface area (Å²) in [5.41, 5.74) is 5.86. The second-order valence-electron chi connectivity index (χ2n) is 6.73. The number of nitrogens with zero attached hydrogens (tertiary/aromatic N) is 3. The maximum atomic E-state index is 12.0. The molecule has 4 aromatic rings. The van der Waals surface area contributed by atoms with E-state index in [1.54, 1.807) is 17.3 Å². The Morgan fingerprint density at radius 1 is 1.11 bits per heavy atom. The van der Waals surface area contributed by atoms with E-state index in [2.05, 4.69) is 26.3 Å². The fourth-order valence-electron chi connectivity index (χ4n) is 3.47. The zero-order valence-electron chi connectivity index (χ0n) is 14.7. The lowest BCUT2D eigenvalue weighted by molar-refractivity contribution is 0.0816. The third-order valence-corrected chi connectivity index (χ3v) is 4.86. The number of pyridine rings is 2. The van der Waals surface area contributed by atoms with Crippen molar-refractivity contribution < 1.29 is 4.79 Å². The van der Waals surface area contributed by atoms with Crippen LogP contribution in [0.1, 0.15) is 15.9 Å². The molecule has 0 saturated carbocycles. The number of aromatic nitrogens is 3. The normalized spacial score (nSPS) is 13.2. The Morgan fingerprint density at radius 3 is 2.81 bits per heavy atom. The summed E-state index contributed by atoms with van der Waals surface area (Å²) in [7, 11) is 1.82. The van der Waals surface area contributed by atoms with Gasteiger partial charge in [0.25, 0.3) is 5.91 Å². The number of nitrogens with one attached hydrogen (secondary N) is 2. The van der Waals surface area contributed by atoms with Gasteiger partial charge in [0.2, 0.25) is 0 Å². The van der Waals surface area contributed by atoms with Crippen LogP contribution in [-0.2, 0) is 6.54 Å². The molecule has 6 nitrogen and oxygen atoms in total. The van der Waals surface area contributed by atoms with Crippen LogP contribution >= 0.6 is 0 Å². The molecular weight excluding hydrogens is 338 g/mol. The monoisotopic (exact) mass is 355 g/mol. The molecular formula is C21H17N5O. The molecule has 0 saturated heterocycles. The van der Waals surface area contributed by atoms with Crippen molar-refractivity contribution in [2.24, 2.45) is 0 Å². The quantitative estimate of drug-likeness (QED) is 0.583. The van der Waals surface area contributed by atoms with Gasteiger partial charge < -0.3 is 15.2 Å². The van der Waals surface area contributed by atoms with Crippen LogP contribution in [0.15, 0.2) is 61.1 Å². The summed E-state index contributed by atoms with van der Waals surface area (Å²) in [6.07, 6.45) is 5.41. The van der Waals surface area contributed by atoms with Crippen molar-refractivity contribution in [3.05, 3.63) is 72.2 Å². The number of benzene rings is 1. The molecule has 5 rings (SSSR count). The van der Waals surface area contributed by atoms with Gasteiger partial charge in [0.1, 0.15) is 5.82 Å². The first-order chi connectivity index (χ1) is 13.2. The molecule has 0 radical (unpaired) electrons.